The maximum absolute atomic E-state index is 6.02. The van der Waals surface area contributed by atoms with Crippen molar-refractivity contribution in [2.24, 2.45) is 0 Å². The quantitative estimate of drug-likeness (QED) is 0.585. The molecule has 2 aromatic carbocycles. The van der Waals surface area contributed by atoms with Crippen molar-refractivity contribution in [2.45, 2.75) is 38.3 Å². The van der Waals surface area contributed by atoms with Crippen LogP contribution in [0.2, 0.25) is 0 Å². The van der Waals surface area contributed by atoms with E-state index in [2.05, 4.69) is 29.6 Å². The van der Waals surface area contributed by atoms with Crippen LogP contribution in [-0.2, 0) is 17.8 Å². The first-order valence-electron chi connectivity index (χ1n) is 9.50. The fourth-order valence-electron chi connectivity index (χ4n) is 2.77. The van der Waals surface area contributed by atoms with Gasteiger partial charge in [0, 0.05) is 26.2 Å². The zero-order valence-electron chi connectivity index (χ0n) is 15.6. The van der Waals surface area contributed by atoms with Gasteiger partial charge in [-0.05, 0) is 49.1 Å². The number of benzene rings is 2. The average Bonchev–Trinajstić information content (AvgIpc) is 3.50. The fourth-order valence-corrected chi connectivity index (χ4v) is 2.77. The largest absolute Gasteiger partial charge is 0.490 e. The molecule has 0 heterocycles. The van der Waals surface area contributed by atoms with E-state index in [1.807, 2.05) is 24.3 Å². The molecule has 4 nitrogen and oxygen atoms in total. The van der Waals surface area contributed by atoms with E-state index in [1.165, 1.54) is 18.4 Å². The van der Waals surface area contributed by atoms with Crippen molar-refractivity contribution in [1.29, 1.82) is 0 Å². The smallest absolute Gasteiger partial charge is 0.161 e. The molecule has 1 saturated carbocycles. The minimum Gasteiger partial charge on any atom is -0.490 e. The van der Waals surface area contributed by atoms with Gasteiger partial charge in [-0.1, -0.05) is 36.4 Å². The van der Waals surface area contributed by atoms with Gasteiger partial charge in [-0.2, -0.15) is 0 Å². The van der Waals surface area contributed by atoms with E-state index in [0.717, 1.165) is 42.5 Å². The second kappa shape index (κ2) is 10.2. The van der Waals surface area contributed by atoms with Crippen LogP contribution in [0.25, 0.3) is 0 Å². The first kappa shape index (κ1) is 18.7. The van der Waals surface area contributed by atoms with Gasteiger partial charge in [-0.3, -0.25) is 0 Å². The second-order valence-electron chi connectivity index (χ2n) is 6.73. The maximum Gasteiger partial charge on any atom is 0.161 e. The number of rotatable bonds is 12. The van der Waals surface area contributed by atoms with E-state index in [9.17, 15) is 0 Å². The molecule has 0 aliphatic heterocycles. The van der Waals surface area contributed by atoms with Crippen molar-refractivity contribution < 1.29 is 14.2 Å². The highest BCUT2D eigenvalue weighted by Gasteiger charge is 2.19. The molecule has 0 aromatic heterocycles. The van der Waals surface area contributed by atoms with Crippen molar-refractivity contribution >= 4 is 0 Å². The summed E-state index contributed by atoms with van der Waals surface area (Å²) in [6.07, 6.45) is 4.51. The Hall–Kier alpha value is -2.04. The van der Waals surface area contributed by atoms with Crippen LogP contribution in [0, 0.1) is 0 Å². The van der Waals surface area contributed by atoms with Gasteiger partial charge in [0.1, 0.15) is 6.61 Å². The zero-order chi connectivity index (χ0) is 18.0. The maximum atomic E-state index is 6.02. The molecule has 0 spiro atoms. The number of hydrogen-bond donors (Lipinski definition) is 1. The number of hydrogen-bond acceptors (Lipinski definition) is 4. The van der Waals surface area contributed by atoms with E-state index in [4.69, 9.17) is 14.2 Å². The fraction of sp³-hybridized carbons (Fsp3) is 0.455. The van der Waals surface area contributed by atoms with Crippen LogP contribution in [-0.4, -0.2) is 32.9 Å². The third-order valence-electron chi connectivity index (χ3n) is 4.42. The van der Waals surface area contributed by atoms with Crippen molar-refractivity contribution in [1.82, 2.24) is 5.32 Å². The molecule has 0 amide bonds. The summed E-state index contributed by atoms with van der Waals surface area (Å²) in [5.41, 5.74) is 2.42. The van der Waals surface area contributed by atoms with Crippen LogP contribution in [0.3, 0.4) is 0 Å². The molecule has 4 heteroatoms. The lowest BCUT2D eigenvalue weighted by molar-refractivity contribution is 0.169. The Kier molecular flexibility index (Phi) is 7.35. The summed E-state index contributed by atoms with van der Waals surface area (Å²) in [5.74, 6) is 1.62. The monoisotopic (exact) mass is 355 g/mol. The Morgan fingerprint density at radius 2 is 1.77 bits per heavy atom. The Morgan fingerprint density at radius 1 is 0.923 bits per heavy atom. The summed E-state index contributed by atoms with van der Waals surface area (Å²) < 4.78 is 17.1. The Balaban J connectivity index is 1.60. The summed E-state index contributed by atoms with van der Waals surface area (Å²) in [6.45, 7) is 2.88. The summed E-state index contributed by atoms with van der Waals surface area (Å²) in [4.78, 5) is 0. The SMILES string of the molecule is COCCCOc1cc(CCNC2CC2)ccc1OCc1ccccc1. The van der Waals surface area contributed by atoms with E-state index in [1.54, 1.807) is 7.11 Å². The molecule has 1 N–H and O–H groups in total. The van der Waals surface area contributed by atoms with Crippen LogP contribution >= 0.6 is 0 Å². The lowest BCUT2D eigenvalue weighted by atomic mass is 10.1. The standard InChI is InChI=1S/C22H29NO3/c1-24-14-5-15-25-22-16-18(12-13-23-20-9-10-20)8-11-21(22)26-17-19-6-3-2-4-7-19/h2-4,6-8,11,16,20,23H,5,9-10,12-15,17H2,1H3. The van der Waals surface area contributed by atoms with Crippen molar-refractivity contribution in [2.75, 3.05) is 26.9 Å². The molecule has 0 saturated heterocycles. The van der Waals surface area contributed by atoms with E-state index >= 15 is 0 Å². The van der Waals surface area contributed by atoms with Crippen molar-refractivity contribution in [3.63, 3.8) is 0 Å². The van der Waals surface area contributed by atoms with Gasteiger partial charge in [0.15, 0.2) is 11.5 Å². The second-order valence-corrected chi connectivity index (χ2v) is 6.73. The molecule has 140 valence electrons. The molecule has 1 aliphatic carbocycles. The molecular weight excluding hydrogens is 326 g/mol. The highest BCUT2D eigenvalue weighted by atomic mass is 16.5. The molecule has 3 rings (SSSR count). The van der Waals surface area contributed by atoms with Crippen molar-refractivity contribution in [3.8, 4) is 11.5 Å². The van der Waals surface area contributed by atoms with Crippen LogP contribution in [0.15, 0.2) is 48.5 Å². The van der Waals surface area contributed by atoms with Gasteiger partial charge in [0.2, 0.25) is 0 Å². The molecule has 0 bridgehead atoms. The molecule has 0 unspecified atom stereocenters. The van der Waals surface area contributed by atoms with Gasteiger partial charge >= 0.3 is 0 Å². The highest BCUT2D eigenvalue weighted by molar-refractivity contribution is 5.43. The summed E-state index contributed by atoms with van der Waals surface area (Å²) in [7, 11) is 1.71. The molecule has 1 aliphatic rings. The van der Waals surface area contributed by atoms with E-state index in [-0.39, 0.29) is 0 Å². The zero-order valence-corrected chi connectivity index (χ0v) is 15.6. The number of nitrogens with one attached hydrogen (secondary N) is 1. The number of methoxy groups -OCH3 is 1. The molecule has 2 aromatic rings. The lowest BCUT2D eigenvalue weighted by Crippen LogP contribution is -2.19. The molecular formula is C22H29NO3. The third kappa shape index (κ3) is 6.36. The predicted octanol–water partition coefficient (Wildman–Crippen LogP) is 3.98. The average molecular weight is 355 g/mol. The lowest BCUT2D eigenvalue weighted by Gasteiger charge is -2.15. The van der Waals surface area contributed by atoms with Gasteiger partial charge in [0.05, 0.1) is 6.61 Å². The minimum atomic E-state index is 0.540. The van der Waals surface area contributed by atoms with Gasteiger partial charge in [-0.15, -0.1) is 0 Å². The first-order valence-corrected chi connectivity index (χ1v) is 9.50. The van der Waals surface area contributed by atoms with Gasteiger partial charge in [0.25, 0.3) is 0 Å². The van der Waals surface area contributed by atoms with E-state index in [0.29, 0.717) is 19.8 Å². The normalized spacial score (nSPS) is 13.6. The Labute approximate surface area is 156 Å². The summed E-state index contributed by atoms with van der Waals surface area (Å²) in [5, 5.41) is 3.56. The van der Waals surface area contributed by atoms with Crippen LogP contribution < -0.4 is 14.8 Å². The molecule has 0 radical (unpaired) electrons. The highest BCUT2D eigenvalue weighted by Crippen LogP contribution is 2.30. The van der Waals surface area contributed by atoms with Crippen LogP contribution in [0.5, 0.6) is 11.5 Å². The first-order chi connectivity index (χ1) is 12.8. The van der Waals surface area contributed by atoms with Crippen LogP contribution in [0.4, 0.5) is 0 Å². The Morgan fingerprint density at radius 3 is 2.54 bits per heavy atom. The minimum absolute atomic E-state index is 0.540. The summed E-state index contributed by atoms with van der Waals surface area (Å²) >= 11 is 0. The third-order valence-corrected chi connectivity index (χ3v) is 4.42. The van der Waals surface area contributed by atoms with Crippen LogP contribution in [0.1, 0.15) is 30.4 Å². The molecule has 0 atom stereocenters. The Bertz CT molecular complexity index is 656. The van der Waals surface area contributed by atoms with Crippen molar-refractivity contribution in [3.05, 3.63) is 59.7 Å². The van der Waals surface area contributed by atoms with Gasteiger partial charge in [-0.25, -0.2) is 0 Å². The number of ether oxygens (including phenoxy) is 3. The predicted molar refractivity (Wildman–Crippen MR) is 104 cm³/mol. The molecule has 26 heavy (non-hydrogen) atoms. The molecule has 1 fully saturated rings. The summed E-state index contributed by atoms with van der Waals surface area (Å²) in [6, 6.07) is 17.2. The van der Waals surface area contributed by atoms with Gasteiger partial charge < -0.3 is 19.5 Å². The topological polar surface area (TPSA) is 39.7 Å². The van der Waals surface area contributed by atoms with E-state index < -0.39 is 0 Å².